The monoisotopic (exact) mass is 363 g/mol. The maximum Gasteiger partial charge on any atom is 0.410 e. The molecule has 4 nitrogen and oxygen atoms in total. The van der Waals surface area contributed by atoms with Crippen LogP contribution < -0.4 is 4.74 Å². The molecule has 0 bridgehead atoms. The van der Waals surface area contributed by atoms with Gasteiger partial charge in [-0.25, -0.2) is 9.18 Å². The first-order chi connectivity index (χ1) is 13.2. The number of benzene rings is 3. The van der Waals surface area contributed by atoms with Crippen molar-refractivity contribution in [2.45, 2.75) is 12.6 Å². The average Bonchev–Trinajstić information content (AvgIpc) is 3.05. The number of amides is 1. The Hall–Kier alpha value is -3.34. The van der Waals surface area contributed by atoms with E-state index >= 15 is 0 Å². The van der Waals surface area contributed by atoms with E-state index < -0.39 is 0 Å². The fourth-order valence-corrected chi connectivity index (χ4v) is 3.00. The van der Waals surface area contributed by atoms with Gasteiger partial charge in [0.15, 0.2) is 0 Å². The van der Waals surface area contributed by atoms with Crippen LogP contribution in [0.2, 0.25) is 0 Å². The van der Waals surface area contributed by atoms with E-state index in [1.165, 1.54) is 12.1 Å². The van der Waals surface area contributed by atoms with Crippen LogP contribution in [0.5, 0.6) is 11.5 Å². The van der Waals surface area contributed by atoms with Gasteiger partial charge in [-0.2, -0.15) is 0 Å². The standard InChI is InChI=1S/C22H18FNO3/c23-18-10-8-17(9-11-18)21-15-24(22(25)27-21)14-16-6-12-20(13-7-16)26-19-4-2-1-3-5-19/h1-13,21H,14-15H2. The van der Waals surface area contributed by atoms with Crippen LogP contribution in [0.4, 0.5) is 9.18 Å². The van der Waals surface area contributed by atoms with E-state index in [1.807, 2.05) is 54.6 Å². The van der Waals surface area contributed by atoms with E-state index in [9.17, 15) is 9.18 Å². The summed E-state index contributed by atoms with van der Waals surface area (Å²) in [5.41, 5.74) is 1.77. The van der Waals surface area contributed by atoms with Crippen molar-refractivity contribution in [3.63, 3.8) is 0 Å². The van der Waals surface area contributed by atoms with Crippen LogP contribution in [0.3, 0.4) is 0 Å². The van der Waals surface area contributed by atoms with Gasteiger partial charge in [0.05, 0.1) is 6.54 Å². The largest absolute Gasteiger partial charge is 0.457 e. The minimum atomic E-state index is -0.376. The van der Waals surface area contributed by atoms with Crippen LogP contribution in [0.25, 0.3) is 0 Å². The minimum Gasteiger partial charge on any atom is -0.457 e. The predicted molar refractivity (Wildman–Crippen MR) is 99.0 cm³/mol. The number of nitrogens with zero attached hydrogens (tertiary/aromatic N) is 1. The zero-order valence-electron chi connectivity index (χ0n) is 14.5. The minimum absolute atomic E-state index is 0.308. The molecule has 0 spiro atoms. The third-order valence-electron chi connectivity index (χ3n) is 4.40. The molecule has 4 rings (SSSR count). The van der Waals surface area contributed by atoms with Crippen molar-refractivity contribution < 1.29 is 18.7 Å². The van der Waals surface area contributed by atoms with Gasteiger partial charge in [0.1, 0.15) is 23.4 Å². The van der Waals surface area contributed by atoms with Gasteiger partial charge in [-0.05, 0) is 47.5 Å². The summed E-state index contributed by atoms with van der Waals surface area (Å²) in [5.74, 6) is 1.20. The van der Waals surface area contributed by atoms with E-state index in [-0.39, 0.29) is 18.0 Å². The Morgan fingerprint density at radius 3 is 2.30 bits per heavy atom. The lowest BCUT2D eigenvalue weighted by molar-refractivity contribution is 0.132. The highest BCUT2D eigenvalue weighted by atomic mass is 19.1. The molecule has 1 saturated heterocycles. The highest BCUT2D eigenvalue weighted by Crippen LogP contribution is 2.28. The van der Waals surface area contributed by atoms with Gasteiger partial charge in [-0.3, -0.25) is 4.90 Å². The SMILES string of the molecule is O=C1OC(c2ccc(F)cc2)CN1Cc1ccc(Oc2ccccc2)cc1. The molecule has 0 saturated carbocycles. The molecule has 27 heavy (non-hydrogen) atoms. The molecule has 1 aliphatic rings. The molecule has 3 aromatic rings. The molecule has 136 valence electrons. The number of hydrogen-bond acceptors (Lipinski definition) is 3. The normalized spacial score (nSPS) is 16.3. The first-order valence-electron chi connectivity index (χ1n) is 8.70. The number of rotatable bonds is 5. The number of para-hydroxylation sites is 1. The van der Waals surface area contributed by atoms with E-state index in [4.69, 9.17) is 9.47 Å². The maximum atomic E-state index is 13.1. The van der Waals surface area contributed by atoms with Crippen LogP contribution in [-0.2, 0) is 11.3 Å². The van der Waals surface area contributed by atoms with E-state index in [0.717, 1.165) is 22.6 Å². The summed E-state index contributed by atoms with van der Waals surface area (Å²) < 4.78 is 24.2. The molecule has 3 aromatic carbocycles. The van der Waals surface area contributed by atoms with Gasteiger partial charge < -0.3 is 9.47 Å². The highest BCUT2D eigenvalue weighted by Gasteiger charge is 2.32. The molecule has 0 N–H and O–H groups in total. The van der Waals surface area contributed by atoms with Gasteiger partial charge in [0.25, 0.3) is 0 Å². The predicted octanol–water partition coefficient (Wildman–Crippen LogP) is 5.31. The van der Waals surface area contributed by atoms with Crippen LogP contribution in [-0.4, -0.2) is 17.5 Å². The van der Waals surface area contributed by atoms with E-state index in [2.05, 4.69) is 0 Å². The van der Waals surface area contributed by atoms with Crippen molar-refractivity contribution in [2.75, 3.05) is 6.54 Å². The molecule has 1 fully saturated rings. The molecular formula is C22H18FNO3. The van der Waals surface area contributed by atoms with Gasteiger partial charge in [0, 0.05) is 6.54 Å². The molecule has 1 amide bonds. The zero-order valence-corrected chi connectivity index (χ0v) is 14.5. The molecular weight excluding hydrogens is 345 g/mol. The molecule has 1 heterocycles. The zero-order chi connectivity index (χ0) is 18.6. The molecule has 5 heteroatoms. The number of carbonyl (C=O) groups is 1. The fourth-order valence-electron chi connectivity index (χ4n) is 3.00. The average molecular weight is 363 g/mol. The lowest BCUT2D eigenvalue weighted by Gasteiger charge is -2.13. The second-order valence-corrected chi connectivity index (χ2v) is 6.36. The van der Waals surface area contributed by atoms with Crippen molar-refractivity contribution in [2.24, 2.45) is 0 Å². The summed E-state index contributed by atoms with van der Waals surface area (Å²) >= 11 is 0. The van der Waals surface area contributed by atoms with Crippen molar-refractivity contribution in [3.8, 4) is 11.5 Å². The lowest BCUT2D eigenvalue weighted by Crippen LogP contribution is -2.23. The van der Waals surface area contributed by atoms with Crippen molar-refractivity contribution >= 4 is 6.09 Å². The fraction of sp³-hybridized carbons (Fsp3) is 0.136. The van der Waals surface area contributed by atoms with Crippen LogP contribution in [0, 0.1) is 5.82 Å². The van der Waals surface area contributed by atoms with Crippen molar-refractivity contribution in [1.29, 1.82) is 0 Å². The Bertz CT molecular complexity index is 911. The van der Waals surface area contributed by atoms with Crippen LogP contribution >= 0.6 is 0 Å². The summed E-state index contributed by atoms with van der Waals surface area (Å²) in [5, 5.41) is 0. The van der Waals surface area contributed by atoms with Crippen LogP contribution in [0.1, 0.15) is 17.2 Å². The van der Waals surface area contributed by atoms with Gasteiger partial charge in [-0.15, -0.1) is 0 Å². The molecule has 1 unspecified atom stereocenters. The van der Waals surface area contributed by atoms with E-state index in [1.54, 1.807) is 17.0 Å². The van der Waals surface area contributed by atoms with E-state index in [0.29, 0.717) is 13.1 Å². The molecule has 1 aliphatic heterocycles. The molecule has 1 atom stereocenters. The second kappa shape index (κ2) is 7.50. The quantitative estimate of drug-likeness (QED) is 0.616. The Kier molecular flexibility index (Phi) is 4.75. The maximum absolute atomic E-state index is 13.1. The molecule has 0 aliphatic carbocycles. The second-order valence-electron chi connectivity index (χ2n) is 6.36. The molecule has 0 aromatic heterocycles. The number of ether oxygens (including phenoxy) is 2. The Labute approximate surface area is 156 Å². The summed E-state index contributed by atoms with van der Waals surface area (Å²) in [4.78, 5) is 13.8. The van der Waals surface area contributed by atoms with Crippen molar-refractivity contribution in [3.05, 3.63) is 95.8 Å². The van der Waals surface area contributed by atoms with Gasteiger partial charge in [0.2, 0.25) is 0 Å². The third kappa shape index (κ3) is 4.08. The number of hydrogen-bond donors (Lipinski definition) is 0. The first kappa shape index (κ1) is 17.1. The van der Waals surface area contributed by atoms with Crippen molar-refractivity contribution in [1.82, 2.24) is 4.90 Å². The Balaban J connectivity index is 1.38. The molecule has 0 radical (unpaired) electrons. The number of carbonyl (C=O) groups excluding carboxylic acids is 1. The Morgan fingerprint density at radius 2 is 1.59 bits per heavy atom. The van der Waals surface area contributed by atoms with Crippen LogP contribution in [0.15, 0.2) is 78.9 Å². The smallest absolute Gasteiger partial charge is 0.410 e. The highest BCUT2D eigenvalue weighted by molar-refractivity contribution is 5.70. The third-order valence-corrected chi connectivity index (χ3v) is 4.40. The number of halogens is 1. The lowest BCUT2D eigenvalue weighted by atomic mass is 10.1. The summed E-state index contributed by atoms with van der Waals surface area (Å²) in [6, 6.07) is 23.2. The summed E-state index contributed by atoms with van der Waals surface area (Å²) in [6.45, 7) is 0.884. The summed E-state index contributed by atoms with van der Waals surface area (Å²) in [6.07, 6.45) is -0.743. The number of cyclic esters (lactones) is 1. The topological polar surface area (TPSA) is 38.8 Å². The van der Waals surface area contributed by atoms with Gasteiger partial charge in [-0.1, -0.05) is 42.5 Å². The first-order valence-corrected chi connectivity index (χ1v) is 8.70. The summed E-state index contributed by atoms with van der Waals surface area (Å²) in [7, 11) is 0. The van der Waals surface area contributed by atoms with Gasteiger partial charge >= 0.3 is 6.09 Å². The Morgan fingerprint density at radius 1 is 0.926 bits per heavy atom.